The van der Waals surface area contributed by atoms with Crippen LogP contribution in [0, 0.1) is 0 Å². The van der Waals surface area contributed by atoms with Gasteiger partial charge in [0.2, 0.25) is 5.91 Å². The maximum absolute atomic E-state index is 13.5. The van der Waals surface area contributed by atoms with E-state index in [2.05, 4.69) is 22.4 Å². The molecular weight excluding hydrogens is 406 g/mol. The normalized spacial score (nSPS) is 18.4. The molecule has 3 heterocycles. The minimum absolute atomic E-state index is 0.00577. The van der Waals surface area contributed by atoms with Gasteiger partial charge < -0.3 is 10.2 Å². The molecule has 1 aliphatic carbocycles. The molecule has 6 heteroatoms. The SMILES string of the molecule is O=C1NCCN(C(=O)c2csc3c2CCCC3)[C@H]1Cc1ccc(-c2cccnc2)cc1. The number of hydrogen-bond acceptors (Lipinski definition) is 4. The Morgan fingerprint density at radius 2 is 1.97 bits per heavy atom. The molecule has 0 saturated carbocycles. The highest BCUT2D eigenvalue weighted by Crippen LogP contribution is 2.31. The van der Waals surface area contributed by atoms with Crippen LogP contribution in [0.25, 0.3) is 11.1 Å². The molecule has 5 rings (SSSR count). The smallest absolute Gasteiger partial charge is 0.255 e. The minimum atomic E-state index is -0.482. The lowest BCUT2D eigenvalue weighted by Crippen LogP contribution is -2.58. The Balaban J connectivity index is 1.37. The van der Waals surface area contributed by atoms with Crippen molar-refractivity contribution in [2.24, 2.45) is 0 Å². The van der Waals surface area contributed by atoms with E-state index in [1.807, 2.05) is 35.8 Å². The molecule has 1 aliphatic heterocycles. The largest absolute Gasteiger partial charge is 0.353 e. The summed E-state index contributed by atoms with van der Waals surface area (Å²) in [6.45, 7) is 1.06. The molecule has 2 aliphatic rings. The van der Waals surface area contributed by atoms with Crippen LogP contribution < -0.4 is 5.32 Å². The van der Waals surface area contributed by atoms with Gasteiger partial charge in [0.25, 0.3) is 5.91 Å². The molecule has 31 heavy (non-hydrogen) atoms. The second-order valence-corrected chi connectivity index (χ2v) is 9.17. The summed E-state index contributed by atoms with van der Waals surface area (Å²) in [6.07, 6.45) is 8.49. The minimum Gasteiger partial charge on any atom is -0.353 e. The van der Waals surface area contributed by atoms with E-state index in [1.165, 1.54) is 16.9 Å². The maximum Gasteiger partial charge on any atom is 0.255 e. The van der Waals surface area contributed by atoms with Gasteiger partial charge in [-0.3, -0.25) is 14.6 Å². The van der Waals surface area contributed by atoms with Gasteiger partial charge in [-0.15, -0.1) is 11.3 Å². The second-order valence-electron chi connectivity index (χ2n) is 8.21. The summed E-state index contributed by atoms with van der Waals surface area (Å²) >= 11 is 1.70. The Kier molecular flexibility index (Phi) is 5.55. The van der Waals surface area contributed by atoms with E-state index in [-0.39, 0.29) is 11.8 Å². The first kappa shape index (κ1) is 19.9. The van der Waals surface area contributed by atoms with Crippen molar-refractivity contribution in [3.8, 4) is 11.1 Å². The number of fused-ring (bicyclic) bond motifs is 1. The van der Waals surface area contributed by atoms with Gasteiger partial charge in [-0.05, 0) is 54.0 Å². The summed E-state index contributed by atoms with van der Waals surface area (Å²) < 4.78 is 0. The summed E-state index contributed by atoms with van der Waals surface area (Å²) in [5.74, 6) is -0.0636. The highest BCUT2D eigenvalue weighted by Gasteiger charge is 2.35. The number of nitrogens with one attached hydrogen (secondary N) is 1. The molecule has 158 valence electrons. The van der Waals surface area contributed by atoms with Crippen LogP contribution in [0.3, 0.4) is 0 Å². The Bertz CT molecular complexity index is 1090. The molecule has 0 unspecified atom stereocenters. The molecule has 2 aromatic heterocycles. The fourth-order valence-corrected chi connectivity index (χ4v) is 5.70. The third kappa shape index (κ3) is 4.00. The molecule has 0 bridgehead atoms. The number of nitrogens with zero attached hydrogens (tertiary/aromatic N) is 2. The molecule has 1 aromatic carbocycles. The highest BCUT2D eigenvalue weighted by molar-refractivity contribution is 7.10. The van der Waals surface area contributed by atoms with Crippen LogP contribution in [0.5, 0.6) is 0 Å². The molecule has 1 saturated heterocycles. The van der Waals surface area contributed by atoms with Gasteiger partial charge in [0.05, 0.1) is 5.56 Å². The van der Waals surface area contributed by atoms with Crippen LogP contribution in [0.2, 0.25) is 0 Å². The molecule has 0 radical (unpaired) electrons. The van der Waals surface area contributed by atoms with Crippen molar-refractivity contribution in [2.45, 2.75) is 38.1 Å². The van der Waals surface area contributed by atoms with E-state index in [4.69, 9.17) is 0 Å². The average Bonchev–Trinajstić information content (AvgIpc) is 3.25. The summed E-state index contributed by atoms with van der Waals surface area (Å²) in [4.78, 5) is 33.5. The van der Waals surface area contributed by atoms with Gasteiger partial charge in [0, 0.05) is 42.2 Å². The Hall–Kier alpha value is -2.99. The molecule has 5 nitrogen and oxygen atoms in total. The number of aromatic nitrogens is 1. The van der Waals surface area contributed by atoms with Crippen LogP contribution in [0.15, 0.2) is 54.2 Å². The zero-order valence-corrected chi connectivity index (χ0v) is 18.2. The van der Waals surface area contributed by atoms with Crippen molar-refractivity contribution in [3.63, 3.8) is 0 Å². The summed E-state index contributed by atoms with van der Waals surface area (Å²) in [7, 11) is 0. The predicted molar refractivity (Wildman–Crippen MR) is 122 cm³/mol. The van der Waals surface area contributed by atoms with Gasteiger partial charge >= 0.3 is 0 Å². The highest BCUT2D eigenvalue weighted by atomic mass is 32.1. The zero-order valence-electron chi connectivity index (χ0n) is 17.3. The number of pyridine rings is 1. The Morgan fingerprint density at radius 3 is 2.77 bits per heavy atom. The summed E-state index contributed by atoms with van der Waals surface area (Å²) in [6, 6.07) is 11.6. The predicted octanol–water partition coefficient (Wildman–Crippen LogP) is 3.87. The number of rotatable bonds is 4. The number of amides is 2. The van der Waals surface area contributed by atoms with Crippen molar-refractivity contribution in [1.82, 2.24) is 15.2 Å². The molecule has 1 atom stereocenters. The molecular formula is C25H25N3O2S. The van der Waals surface area contributed by atoms with Gasteiger partial charge in [-0.25, -0.2) is 0 Å². The Morgan fingerprint density at radius 1 is 1.13 bits per heavy atom. The first-order valence-electron chi connectivity index (χ1n) is 10.9. The number of thiophene rings is 1. The number of aryl methyl sites for hydroxylation is 1. The quantitative estimate of drug-likeness (QED) is 0.682. The average molecular weight is 432 g/mol. The number of benzene rings is 1. The molecule has 1 fully saturated rings. The van der Waals surface area contributed by atoms with Gasteiger partial charge in [-0.2, -0.15) is 0 Å². The van der Waals surface area contributed by atoms with Crippen molar-refractivity contribution < 1.29 is 9.59 Å². The lowest BCUT2D eigenvalue weighted by Gasteiger charge is -2.35. The van der Waals surface area contributed by atoms with Gasteiger partial charge in [0.1, 0.15) is 6.04 Å². The van der Waals surface area contributed by atoms with Gasteiger partial charge in [0.15, 0.2) is 0 Å². The third-order valence-electron chi connectivity index (χ3n) is 6.26. The van der Waals surface area contributed by atoms with E-state index < -0.39 is 6.04 Å². The lowest BCUT2D eigenvalue weighted by molar-refractivity contribution is -0.127. The standard InChI is InChI=1S/C25H25N3O2S/c29-24-22(14-17-7-9-18(10-8-17)19-4-3-11-26-15-19)28(13-12-27-24)25(30)21-16-31-23-6-2-1-5-20(21)23/h3-4,7-11,15-16,22H,1-2,5-6,12-14H2,(H,27,29)/t22-/m0/s1. The van der Waals surface area contributed by atoms with Crippen LogP contribution in [-0.2, 0) is 24.1 Å². The topological polar surface area (TPSA) is 62.3 Å². The fourth-order valence-electron chi connectivity index (χ4n) is 4.58. The van der Waals surface area contributed by atoms with Crippen LogP contribution in [-0.4, -0.2) is 40.8 Å². The number of carbonyl (C=O) groups is 2. The third-order valence-corrected chi connectivity index (χ3v) is 7.35. The monoisotopic (exact) mass is 431 g/mol. The molecule has 2 amide bonds. The van der Waals surface area contributed by atoms with E-state index in [0.29, 0.717) is 19.5 Å². The molecule has 1 N–H and O–H groups in total. The van der Waals surface area contributed by atoms with Crippen LogP contribution >= 0.6 is 11.3 Å². The van der Waals surface area contributed by atoms with Crippen LogP contribution in [0.4, 0.5) is 0 Å². The van der Waals surface area contributed by atoms with Crippen molar-refractivity contribution in [2.75, 3.05) is 13.1 Å². The van der Waals surface area contributed by atoms with E-state index in [1.54, 1.807) is 22.4 Å². The van der Waals surface area contributed by atoms with E-state index >= 15 is 0 Å². The number of piperazine rings is 1. The summed E-state index contributed by atoms with van der Waals surface area (Å²) in [5, 5.41) is 4.95. The maximum atomic E-state index is 13.5. The fraction of sp³-hybridized carbons (Fsp3) is 0.320. The van der Waals surface area contributed by atoms with Crippen molar-refractivity contribution in [3.05, 3.63) is 75.7 Å². The second kappa shape index (κ2) is 8.63. The Labute approximate surface area is 186 Å². The van der Waals surface area contributed by atoms with Crippen molar-refractivity contribution in [1.29, 1.82) is 0 Å². The molecule has 0 spiro atoms. The molecule has 3 aromatic rings. The van der Waals surface area contributed by atoms with E-state index in [9.17, 15) is 9.59 Å². The number of carbonyl (C=O) groups excluding carboxylic acids is 2. The van der Waals surface area contributed by atoms with Gasteiger partial charge in [-0.1, -0.05) is 30.3 Å². The van der Waals surface area contributed by atoms with E-state index in [0.717, 1.165) is 41.5 Å². The van der Waals surface area contributed by atoms with Crippen molar-refractivity contribution >= 4 is 23.2 Å². The number of hydrogen-bond donors (Lipinski definition) is 1. The van der Waals surface area contributed by atoms with Crippen LogP contribution in [0.1, 0.15) is 39.2 Å². The zero-order chi connectivity index (χ0) is 21.2. The summed E-state index contributed by atoms with van der Waals surface area (Å²) in [5.41, 5.74) is 5.21. The first-order chi connectivity index (χ1) is 15.2. The first-order valence-corrected chi connectivity index (χ1v) is 11.8. The lowest BCUT2D eigenvalue weighted by atomic mass is 9.94.